The average Bonchev–Trinajstić information content (AvgIpc) is 3.03. The lowest BCUT2D eigenvalue weighted by molar-refractivity contribution is -0.0809. The molecule has 2 heteroatoms. The Morgan fingerprint density at radius 2 is 1.61 bits per heavy atom. The number of nitrogens with zero attached hydrogens (tertiary/aromatic N) is 2. The predicted molar refractivity (Wildman–Crippen MR) is 96.7 cm³/mol. The minimum atomic E-state index is 0.273. The predicted octanol–water partition coefficient (Wildman–Crippen LogP) is 5.14. The van der Waals surface area contributed by atoms with E-state index in [9.17, 15) is 0 Å². The smallest absolute Gasteiger partial charge is 0.0904 e. The zero-order valence-electron chi connectivity index (χ0n) is 15.1. The lowest BCUT2D eigenvalue weighted by atomic mass is 9.52. The molecule has 0 N–H and O–H groups in total. The molecule has 2 nitrogen and oxygen atoms in total. The lowest BCUT2D eigenvalue weighted by Gasteiger charge is -2.60. The van der Waals surface area contributed by atoms with Crippen LogP contribution in [0.5, 0.6) is 0 Å². The number of rotatable bonds is 6. The van der Waals surface area contributed by atoms with Gasteiger partial charge in [-0.15, -0.1) is 6.58 Å². The summed E-state index contributed by atoms with van der Waals surface area (Å²) >= 11 is 0. The van der Waals surface area contributed by atoms with Crippen LogP contribution in [0.4, 0.5) is 0 Å². The van der Waals surface area contributed by atoms with Crippen molar-refractivity contribution in [3.8, 4) is 0 Å². The van der Waals surface area contributed by atoms with Crippen molar-refractivity contribution >= 4 is 0 Å². The van der Waals surface area contributed by atoms with Gasteiger partial charge in [0.1, 0.15) is 0 Å². The van der Waals surface area contributed by atoms with Gasteiger partial charge < -0.3 is 9.80 Å². The maximum absolute atomic E-state index is 4.02. The van der Waals surface area contributed by atoms with Crippen molar-refractivity contribution in [2.24, 2.45) is 17.8 Å². The molecule has 5 aliphatic rings. The van der Waals surface area contributed by atoms with Crippen LogP contribution in [0.2, 0.25) is 0 Å². The molecule has 128 valence electrons. The second kappa shape index (κ2) is 5.57. The van der Waals surface area contributed by atoms with Crippen LogP contribution < -0.4 is 0 Å². The van der Waals surface area contributed by atoms with E-state index in [4.69, 9.17) is 0 Å². The fraction of sp³-hybridized carbons (Fsp3) is 0.810. The summed E-state index contributed by atoms with van der Waals surface area (Å²) in [6.07, 6.45) is 19.4. The quantitative estimate of drug-likeness (QED) is 0.627. The van der Waals surface area contributed by atoms with Crippen LogP contribution in [-0.4, -0.2) is 27.5 Å². The van der Waals surface area contributed by atoms with Gasteiger partial charge in [0, 0.05) is 23.5 Å². The maximum Gasteiger partial charge on any atom is 0.0904 e. The maximum atomic E-state index is 4.02. The van der Waals surface area contributed by atoms with Crippen LogP contribution in [0.3, 0.4) is 0 Å². The van der Waals surface area contributed by atoms with Crippen molar-refractivity contribution in [1.29, 1.82) is 0 Å². The first-order valence-electron chi connectivity index (χ1n) is 9.96. The Morgan fingerprint density at radius 3 is 2.09 bits per heavy atom. The summed E-state index contributed by atoms with van der Waals surface area (Å²) in [5.41, 5.74) is 0.775. The van der Waals surface area contributed by atoms with E-state index in [1.54, 1.807) is 0 Å². The largest absolute Gasteiger partial charge is 0.353 e. The van der Waals surface area contributed by atoms with E-state index in [1.807, 2.05) is 0 Å². The van der Waals surface area contributed by atoms with Crippen LogP contribution in [0.25, 0.3) is 0 Å². The molecule has 4 bridgehead atoms. The first-order valence-corrected chi connectivity index (χ1v) is 9.96. The van der Waals surface area contributed by atoms with Gasteiger partial charge in [-0.3, -0.25) is 0 Å². The molecule has 23 heavy (non-hydrogen) atoms. The summed E-state index contributed by atoms with van der Waals surface area (Å²) in [5, 5.41) is 0. The third-order valence-corrected chi connectivity index (χ3v) is 7.80. The van der Waals surface area contributed by atoms with Crippen molar-refractivity contribution < 1.29 is 0 Å². The van der Waals surface area contributed by atoms with Gasteiger partial charge in [-0.05, 0) is 75.5 Å². The van der Waals surface area contributed by atoms with Crippen LogP contribution >= 0.6 is 0 Å². The summed E-state index contributed by atoms with van der Waals surface area (Å²) in [4.78, 5) is 5.38. The van der Waals surface area contributed by atoms with Crippen molar-refractivity contribution in [3.05, 3.63) is 25.1 Å². The van der Waals surface area contributed by atoms with Crippen LogP contribution in [0.1, 0.15) is 71.6 Å². The molecule has 0 saturated heterocycles. The van der Waals surface area contributed by atoms with Gasteiger partial charge in [-0.25, -0.2) is 0 Å². The number of hydrogen-bond acceptors (Lipinski definition) is 2. The van der Waals surface area contributed by atoms with E-state index in [1.165, 1.54) is 51.4 Å². The first-order chi connectivity index (χ1) is 11.1. The van der Waals surface area contributed by atoms with Gasteiger partial charge in [0.15, 0.2) is 0 Å². The zero-order chi connectivity index (χ0) is 16.1. The Hall–Kier alpha value is -0.920. The molecular formula is C21H34N2. The molecule has 0 aromatic rings. The molecule has 0 unspecified atom stereocenters. The molecule has 0 amide bonds. The molecule has 4 aliphatic carbocycles. The number of hydrogen-bond donors (Lipinski definition) is 0. The van der Waals surface area contributed by atoms with Crippen molar-refractivity contribution in [1.82, 2.24) is 9.80 Å². The highest BCUT2D eigenvalue weighted by atomic mass is 15.4. The Kier molecular flexibility index (Phi) is 3.77. The fourth-order valence-electron chi connectivity index (χ4n) is 6.78. The Morgan fingerprint density at radius 1 is 1.04 bits per heavy atom. The molecule has 4 fully saturated rings. The van der Waals surface area contributed by atoms with Gasteiger partial charge in [0.25, 0.3) is 0 Å². The summed E-state index contributed by atoms with van der Waals surface area (Å²) in [5.74, 6) is 3.08. The van der Waals surface area contributed by atoms with E-state index in [2.05, 4.69) is 48.7 Å². The van der Waals surface area contributed by atoms with Crippen LogP contribution in [0.15, 0.2) is 25.1 Å². The fourth-order valence-corrected chi connectivity index (χ4v) is 6.78. The van der Waals surface area contributed by atoms with E-state index >= 15 is 0 Å². The summed E-state index contributed by atoms with van der Waals surface area (Å²) in [7, 11) is 0. The third kappa shape index (κ3) is 2.36. The lowest BCUT2D eigenvalue weighted by Crippen LogP contribution is -2.59. The summed E-state index contributed by atoms with van der Waals surface area (Å²) in [6, 6.07) is 0. The molecule has 1 heterocycles. The molecule has 5 rings (SSSR count). The highest BCUT2D eigenvalue weighted by Crippen LogP contribution is 2.58. The van der Waals surface area contributed by atoms with E-state index in [-0.39, 0.29) is 5.54 Å². The topological polar surface area (TPSA) is 6.48 Å². The van der Waals surface area contributed by atoms with Crippen molar-refractivity contribution in [2.75, 3.05) is 6.67 Å². The standard InChI is InChI=1S/C21H34N2/c1-4-7-20(5-2,6-3)22-8-9-23(16-22)21-13-17-10-18(14-21)12-19(11-17)15-21/h4,8-9,17-19H,1,5-7,10-16H2,2-3H3. The Balaban J connectivity index is 1.53. The van der Waals surface area contributed by atoms with Gasteiger partial charge in [0.2, 0.25) is 0 Å². The SMILES string of the molecule is C=CCC(CC)(CC)N1C=CN(C23CC4CC(CC(C4)C2)C3)C1. The molecule has 0 radical (unpaired) electrons. The van der Waals surface area contributed by atoms with Gasteiger partial charge >= 0.3 is 0 Å². The van der Waals surface area contributed by atoms with E-state index in [0.29, 0.717) is 5.54 Å². The third-order valence-electron chi connectivity index (χ3n) is 7.80. The van der Waals surface area contributed by atoms with Crippen LogP contribution in [-0.2, 0) is 0 Å². The highest BCUT2D eigenvalue weighted by Gasteiger charge is 2.54. The van der Waals surface area contributed by atoms with Gasteiger partial charge in [0.05, 0.1) is 6.67 Å². The molecule has 0 aromatic carbocycles. The van der Waals surface area contributed by atoms with Crippen molar-refractivity contribution in [3.63, 3.8) is 0 Å². The summed E-state index contributed by atoms with van der Waals surface area (Å²) in [6.45, 7) is 9.82. The second-order valence-corrected chi connectivity index (χ2v) is 8.95. The second-order valence-electron chi connectivity index (χ2n) is 8.95. The molecule has 0 spiro atoms. The molecular weight excluding hydrogens is 280 g/mol. The van der Waals surface area contributed by atoms with E-state index < -0.39 is 0 Å². The minimum Gasteiger partial charge on any atom is -0.353 e. The molecule has 0 aromatic heterocycles. The molecule has 0 atom stereocenters. The first kappa shape index (κ1) is 15.6. The normalized spacial score (nSPS) is 38.6. The van der Waals surface area contributed by atoms with Crippen LogP contribution in [0, 0.1) is 17.8 Å². The Labute approximate surface area is 142 Å². The van der Waals surface area contributed by atoms with Gasteiger partial charge in [-0.1, -0.05) is 19.9 Å². The molecule has 1 aliphatic heterocycles. The van der Waals surface area contributed by atoms with Crippen molar-refractivity contribution in [2.45, 2.75) is 82.7 Å². The minimum absolute atomic E-state index is 0.273. The monoisotopic (exact) mass is 314 g/mol. The zero-order valence-corrected chi connectivity index (χ0v) is 15.1. The van der Waals surface area contributed by atoms with Gasteiger partial charge in [-0.2, -0.15) is 0 Å². The molecule has 4 saturated carbocycles. The summed E-state index contributed by atoms with van der Waals surface area (Å²) < 4.78 is 0. The van der Waals surface area contributed by atoms with E-state index in [0.717, 1.165) is 30.8 Å². The average molecular weight is 315 g/mol. The Bertz CT molecular complexity index is 453. The highest BCUT2D eigenvalue weighted by molar-refractivity contribution is 5.13.